The zero-order chi connectivity index (χ0) is 18.1. The molecule has 0 aliphatic rings. The summed E-state index contributed by atoms with van der Waals surface area (Å²) in [5.41, 5.74) is 1.35. The van der Waals surface area contributed by atoms with Gasteiger partial charge in [0.1, 0.15) is 5.75 Å². The fourth-order valence-electron chi connectivity index (χ4n) is 1.94. The monoisotopic (exact) mass is 380 g/mol. The maximum Gasteiger partial charge on any atom is 0.226 e. The SMILES string of the molecule is COCCNC(=O)Cc1csc(SCC(=O)c2ccc(OC)cc2)n1. The van der Waals surface area contributed by atoms with Crippen molar-refractivity contribution in [2.75, 3.05) is 33.1 Å². The van der Waals surface area contributed by atoms with E-state index in [0.29, 0.717) is 30.2 Å². The van der Waals surface area contributed by atoms with Crippen LogP contribution in [0.2, 0.25) is 0 Å². The lowest BCUT2D eigenvalue weighted by atomic mass is 10.1. The number of ketones is 1. The molecule has 1 aromatic heterocycles. The predicted molar refractivity (Wildman–Crippen MR) is 98.8 cm³/mol. The number of aromatic nitrogens is 1. The van der Waals surface area contributed by atoms with Gasteiger partial charge in [-0.2, -0.15) is 0 Å². The van der Waals surface area contributed by atoms with Crippen molar-refractivity contribution in [2.45, 2.75) is 10.8 Å². The molecule has 1 N–H and O–H groups in total. The van der Waals surface area contributed by atoms with E-state index in [1.165, 1.54) is 23.1 Å². The minimum Gasteiger partial charge on any atom is -0.497 e. The van der Waals surface area contributed by atoms with E-state index in [1.54, 1.807) is 38.5 Å². The van der Waals surface area contributed by atoms with Crippen LogP contribution >= 0.6 is 23.1 Å². The quantitative estimate of drug-likeness (QED) is 0.388. The second-order valence-corrected chi connectivity index (χ2v) is 7.15. The molecule has 0 atom stereocenters. The number of methoxy groups -OCH3 is 2. The highest BCUT2D eigenvalue weighted by molar-refractivity contribution is 8.01. The second kappa shape index (κ2) is 10.2. The van der Waals surface area contributed by atoms with Gasteiger partial charge in [0, 0.05) is 24.6 Å². The number of benzene rings is 1. The Balaban J connectivity index is 1.80. The number of nitrogens with zero attached hydrogens (tertiary/aromatic N) is 1. The van der Waals surface area contributed by atoms with Gasteiger partial charge in [-0.05, 0) is 24.3 Å². The normalized spacial score (nSPS) is 10.5. The lowest BCUT2D eigenvalue weighted by molar-refractivity contribution is -0.120. The topological polar surface area (TPSA) is 77.5 Å². The molecular weight excluding hydrogens is 360 g/mol. The fraction of sp³-hybridized carbons (Fsp3) is 0.353. The van der Waals surface area contributed by atoms with Crippen molar-refractivity contribution >= 4 is 34.8 Å². The van der Waals surface area contributed by atoms with E-state index in [4.69, 9.17) is 9.47 Å². The summed E-state index contributed by atoms with van der Waals surface area (Å²) < 4.78 is 10.7. The Bertz CT molecular complexity index is 701. The molecule has 25 heavy (non-hydrogen) atoms. The summed E-state index contributed by atoms with van der Waals surface area (Å²) >= 11 is 2.82. The number of amides is 1. The zero-order valence-electron chi connectivity index (χ0n) is 14.1. The summed E-state index contributed by atoms with van der Waals surface area (Å²) in [5, 5.41) is 4.60. The summed E-state index contributed by atoms with van der Waals surface area (Å²) in [6.45, 7) is 0.967. The first-order valence-electron chi connectivity index (χ1n) is 7.62. The fourth-order valence-corrected chi connectivity index (χ4v) is 3.68. The van der Waals surface area contributed by atoms with Gasteiger partial charge in [0.15, 0.2) is 10.1 Å². The summed E-state index contributed by atoms with van der Waals surface area (Å²) in [7, 11) is 3.17. The van der Waals surface area contributed by atoms with Crippen LogP contribution in [0, 0.1) is 0 Å². The van der Waals surface area contributed by atoms with Crippen LogP contribution in [0.25, 0.3) is 0 Å². The molecule has 2 rings (SSSR count). The lowest BCUT2D eigenvalue weighted by Crippen LogP contribution is -2.28. The molecule has 2 aromatic rings. The van der Waals surface area contributed by atoms with Crippen molar-refractivity contribution < 1.29 is 19.1 Å². The van der Waals surface area contributed by atoms with E-state index in [0.717, 1.165) is 10.1 Å². The molecule has 134 valence electrons. The van der Waals surface area contributed by atoms with E-state index < -0.39 is 0 Å². The highest BCUT2D eigenvalue weighted by atomic mass is 32.2. The molecule has 0 fully saturated rings. The Morgan fingerprint density at radius 1 is 1.24 bits per heavy atom. The molecular formula is C17H20N2O4S2. The van der Waals surface area contributed by atoms with Crippen molar-refractivity contribution in [3.63, 3.8) is 0 Å². The lowest BCUT2D eigenvalue weighted by Gasteiger charge is -2.02. The van der Waals surface area contributed by atoms with Crippen LogP contribution in [0.4, 0.5) is 0 Å². The van der Waals surface area contributed by atoms with E-state index in [-0.39, 0.29) is 18.1 Å². The third kappa shape index (κ3) is 6.49. The minimum absolute atomic E-state index is 0.0294. The van der Waals surface area contributed by atoms with E-state index in [1.807, 2.05) is 5.38 Å². The van der Waals surface area contributed by atoms with Crippen LogP contribution in [0.5, 0.6) is 5.75 Å². The maximum absolute atomic E-state index is 12.2. The molecule has 0 radical (unpaired) electrons. The smallest absolute Gasteiger partial charge is 0.226 e. The average molecular weight is 380 g/mol. The third-order valence-corrected chi connectivity index (χ3v) is 5.31. The Kier molecular flexibility index (Phi) is 7.90. The number of hydrogen-bond donors (Lipinski definition) is 1. The first kappa shape index (κ1) is 19.4. The Labute approximate surface area is 154 Å². The number of hydrogen-bond acceptors (Lipinski definition) is 7. The third-order valence-electron chi connectivity index (χ3n) is 3.24. The summed E-state index contributed by atoms with van der Waals surface area (Å²) in [6.07, 6.45) is 0.229. The van der Waals surface area contributed by atoms with Gasteiger partial charge < -0.3 is 14.8 Å². The molecule has 8 heteroatoms. The van der Waals surface area contributed by atoms with Crippen molar-refractivity contribution in [1.82, 2.24) is 10.3 Å². The zero-order valence-corrected chi connectivity index (χ0v) is 15.7. The highest BCUT2D eigenvalue weighted by Crippen LogP contribution is 2.24. The molecule has 0 aliphatic carbocycles. The van der Waals surface area contributed by atoms with Gasteiger partial charge >= 0.3 is 0 Å². The molecule has 0 aliphatic heterocycles. The Morgan fingerprint density at radius 3 is 2.68 bits per heavy atom. The number of thioether (sulfide) groups is 1. The van der Waals surface area contributed by atoms with E-state index in [9.17, 15) is 9.59 Å². The van der Waals surface area contributed by atoms with Crippen LogP contribution in [-0.2, 0) is 16.0 Å². The van der Waals surface area contributed by atoms with Gasteiger partial charge in [-0.15, -0.1) is 11.3 Å². The van der Waals surface area contributed by atoms with Crippen molar-refractivity contribution in [2.24, 2.45) is 0 Å². The minimum atomic E-state index is -0.0896. The number of nitrogens with one attached hydrogen (secondary N) is 1. The predicted octanol–water partition coefficient (Wildman–Crippen LogP) is 2.43. The van der Waals surface area contributed by atoms with Gasteiger partial charge in [0.05, 0.1) is 31.6 Å². The molecule has 1 aromatic carbocycles. The van der Waals surface area contributed by atoms with Gasteiger partial charge in [-0.1, -0.05) is 11.8 Å². The average Bonchev–Trinajstić information content (AvgIpc) is 3.07. The van der Waals surface area contributed by atoms with Crippen molar-refractivity contribution in [3.05, 3.63) is 40.9 Å². The van der Waals surface area contributed by atoms with Crippen LogP contribution in [0.1, 0.15) is 16.1 Å². The summed E-state index contributed by atoms with van der Waals surface area (Å²) in [5.74, 6) is 0.965. The van der Waals surface area contributed by atoms with Gasteiger partial charge in [-0.3, -0.25) is 9.59 Å². The second-order valence-electron chi connectivity index (χ2n) is 5.06. The van der Waals surface area contributed by atoms with E-state index >= 15 is 0 Å². The number of carbonyl (C=O) groups excluding carboxylic acids is 2. The van der Waals surface area contributed by atoms with Crippen LogP contribution in [0.15, 0.2) is 34.0 Å². The standard InChI is InChI=1S/C17H20N2O4S2/c1-22-8-7-18-16(21)9-13-10-24-17(19-13)25-11-15(20)12-3-5-14(23-2)6-4-12/h3-6,10H,7-9,11H2,1-2H3,(H,18,21). The van der Waals surface area contributed by atoms with E-state index in [2.05, 4.69) is 10.3 Å². The maximum atomic E-state index is 12.2. The molecule has 0 spiro atoms. The largest absolute Gasteiger partial charge is 0.497 e. The molecule has 6 nitrogen and oxygen atoms in total. The molecule has 0 bridgehead atoms. The molecule has 0 unspecified atom stereocenters. The molecule has 1 heterocycles. The first-order valence-corrected chi connectivity index (χ1v) is 9.49. The van der Waals surface area contributed by atoms with Crippen LogP contribution in [0.3, 0.4) is 0 Å². The van der Waals surface area contributed by atoms with Crippen LogP contribution in [-0.4, -0.2) is 49.8 Å². The van der Waals surface area contributed by atoms with Crippen LogP contribution < -0.4 is 10.1 Å². The molecule has 0 saturated carbocycles. The summed E-state index contributed by atoms with van der Waals surface area (Å²) in [6, 6.07) is 7.03. The highest BCUT2D eigenvalue weighted by Gasteiger charge is 2.11. The Hall–Kier alpha value is -1.90. The first-order chi connectivity index (χ1) is 12.1. The molecule has 0 saturated heterocycles. The van der Waals surface area contributed by atoms with Gasteiger partial charge in [0.2, 0.25) is 5.91 Å². The number of Topliss-reactive ketones (excluding diaryl/α,β-unsaturated/α-hetero) is 1. The number of ether oxygens (including phenoxy) is 2. The van der Waals surface area contributed by atoms with Crippen molar-refractivity contribution in [3.8, 4) is 5.75 Å². The van der Waals surface area contributed by atoms with Crippen molar-refractivity contribution in [1.29, 1.82) is 0 Å². The Morgan fingerprint density at radius 2 is 2.00 bits per heavy atom. The van der Waals surface area contributed by atoms with Gasteiger partial charge in [-0.25, -0.2) is 4.98 Å². The number of carbonyl (C=O) groups is 2. The number of thiazole rings is 1. The molecule has 1 amide bonds. The number of rotatable bonds is 10. The summed E-state index contributed by atoms with van der Waals surface area (Å²) in [4.78, 5) is 28.3. The van der Waals surface area contributed by atoms with Gasteiger partial charge in [0.25, 0.3) is 0 Å².